The Kier molecular flexibility index (Phi) is 7.38. The summed E-state index contributed by atoms with van der Waals surface area (Å²) in [4.78, 5) is 28.9. The second-order valence-electron chi connectivity index (χ2n) is 7.65. The first-order valence-electron chi connectivity index (χ1n) is 10.5. The first kappa shape index (κ1) is 23.0. The van der Waals surface area contributed by atoms with Gasteiger partial charge in [0.1, 0.15) is 18.2 Å². The highest BCUT2D eigenvalue weighted by atomic mass is 32.2. The fraction of sp³-hybridized carbons (Fsp3) is 0.409. The molecular weight excluding hydrogens is 455 g/mol. The summed E-state index contributed by atoms with van der Waals surface area (Å²) in [7, 11) is 0. The lowest BCUT2D eigenvalue weighted by atomic mass is 9.81. The lowest BCUT2D eigenvalue weighted by Crippen LogP contribution is -2.43. The number of ether oxygens (including phenoxy) is 3. The molecule has 0 N–H and O–H groups in total. The minimum absolute atomic E-state index is 0.0331. The van der Waals surface area contributed by atoms with E-state index in [4.69, 9.17) is 14.2 Å². The molecule has 176 valence electrons. The van der Waals surface area contributed by atoms with Crippen molar-refractivity contribution in [3.8, 4) is 17.2 Å². The summed E-state index contributed by atoms with van der Waals surface area (Å²) in [6, 6.07) is 11.8. The average molecular weight is 478 g/mol. The molecule has 0 aliphatic carbocycles. The lowest BCUT2D eigenvalue weighted by Gasteiger charge is -2.38. The normalized spacial score (nSPS) is 19.2. The molecule has 9 nitrogen and oxygen atoms in total. The van der Waals surface area contributed by atoms with Crippen molar-refractivity contribution in [3.63, 3.8) is 0 Å². The van der Waals surface area contributed by atoms with Crippen LogP contribution in [0.2, 0.25) is 0 Å². The van der Waals surface area contributed by atoms with Crippen LogP contribution in [0.25, 0.3) is 0 Å². The first-order chi connectivity index (χ1) is 16.0. The first-order valence-corrected chi connectivity index (χ1v) is 11.4. The van der Waals surface area contributed by atoms with Gasteiger partial charge in [-0.1, -0.05) is 23.9 Å². The standard InChI is InChI=1S/C22H23FN2O7S/c23-17-3-1-15(2-4-17)19-7-8-24(22(26)33-10-9-32-25(27)28)12-16(19)13-29-18-5-6-20-21(11-18)31-14-30-20/h1-6,11,16,19H,7-10,12-14H2/t16?,19-/m0/s1. The van der Waals surface area contributed by atoms with Gasteiger partial charge in [0, 0.05) is 30.8 Å². The number of likely N-dealkylation sites (tertiary alicyclic amines) is 1. The largest absolute Gasteiger partial charge is 0.493 e. The Balaban J connectivity index is 1.41. The summed E-state index contributed by atoms with van der Waals surface area (Å²) in [5, 5.41) is 9.23. The number of carbonyl (C=O) groups excluding carboxylic acids is 1. The predicted molar refractivity (Wildman–Crippen MR) is 118 cm³/mol. The van der Waals surface area contributed by atoms with Crippen molar-refractivity contribution in [1.29, 1.82) is 0 Å². The molecule has 1 saturated heterocycles. The van der Waals surface area contributed by atoms with Crippen LogP contribution in [0.1, 0.15) is 17.9 Å². The molecule has 0 aromatic heterocycles. The fourth-order valence-corrected chi connectivity index (χ4v) is 4.70. The van der Waals surface area contributed by atoms with Crippen LogP contribution < -0.4 is 14.2 Å². The van der Waals surface area contributed by atoms with Gasteiger partial charge in [0.25, 0.3) is 10.3 Å². The van der Waals surface area contributed by atoms with Crippen LogP contribution in [-0.2, 0) is 4.84 Å². The van der Waals surface area contributed by atoms with Crippen molar-refractivity contribution in [2.24, 2.45) is 5.92 Å². The smallest absolute Gasteiger partial charge is 0.294 e. The molecular formula is C22H23FN2O7S. The van der Waals surface area contributed by atoms with Crippen LogP contribution >= 0.6 is 11.8 Å². The molecule has 2 aromatic rings. The zero-order valence-electron chi connectivity index (χ0n) is 17.7. The molecule has 2 aromatic carbocycles. The van der Waals surface area contributed by atoms with Crippen LogP contribution in [0.4, 0.5) is 9.18 Å². The number of thioether (sulfide) groups is 1. The molecule has 0 saturated carbocycles. The Hall–Kier alpha value is -3.21. The third-order valence-corrected chi connectivity index (χ3v) is 6.48. The molecule has 2 atom stereocenters. The van der Waals surface area contributed by atoms with E-state index >= 15 is 0 Å². The molecule has 33 heavy (non-hydrogen) atoms. The van der Waals surface area contributed by atoms with Gasteiger partial charge in [0.15, 0.2) is 11.5 Å². The van der Waals surface area contributed by atoms with Crippen molar-refractivity contribution in [2.45, 2.75) is 12.3 Å². The topological polar surface area (TPSA) is 100 Å². The van der Waals surface area contributed by atoms with Crippen molar-refractivity contribution in [2.75, 3.05) is 38.8 Å². The molecule has 1 fully saturated rings. The van der Waals surface area contributed by atoms with Crippen LogP contribution in [0, 0.1) is 21.8 Å². The number of nitrogens with zero attached hydrogens (tertiary/aromatic N) is 2. The van der Waals surface area contributed by atoms with Crippen molar-refractivity contribution in [1.82, 2.24) is 4.90 Å². The third kappa shape index (κ3) is 5.98. The molecule has 1 unspecified atom stereocenters. The van der Waals surface area contributed by atoms with Gasteiger partial charge in [-0.25, -0.2) is 4.39 Å². The zero-order valence-corrected chi connectivity index (χ0v) is 18.5. The third-order valence-electron chi connectivity index (χ3n) is 5.60. The van der Waals surface area contributed by atoms with E-state index in [1.165, 1.54) is 12.1 Å². The van der Waals surface area contributed by atoms with Gasteiger partial charge in [-0.3, -0.25) is 4.79 Å². The maximum atomic E-state index is 13.4. The Morgan fingerprint density at radius 3 is 2.79 bits per heavy atom. The van der Waals surface area contributed by atoms with E-state index in [9.17, 15) is 19.3 Å². The van der Waals surface area contributed by atoms with Crippen molar-refractivity contribution >= 4 is 17.0 Å². The lowest BCUT2D eigenvalue weighted by molar-refractivity contribution is -0.756. The Morgan fingerprint density at radius 2 is 2.00 bits per heavy atom. The number of carbonyl (C=O) groups is 1. The minimum Gasteiger partial charge on any atom is -0.493 e. The van der Waals surface area contributed by atoms with E-state index in [-0.39, 0.29) is 42.0 Å². The molecule has 4 rings (SSSR count). The number of fused-ring (bicyclic) bond motifs is 1. The summed E-state index contributed by atoms with van der Waals surface area (Å²) in [5.74, 6) is 1.87. The van der Waals surface area contributed by atoms with Crippen LogP contribution in [0.3, 0.4) is 0 Å². The number of piperidine rings is 1. The Morgan fingerprint density at radius 1 is 1.21 bits per heavy atom. The second kappa shape index (κ2) is 10.6. The molecule has 1 amide bonds. The molecule has 2 heterocycles. The van der Waals surface area contributed by atoms with Crippen LogP contribution in [-0.4, -0.2) is 54.1 Å². The minimum atomic E-state index is -0.872. The maximum absolute atomic E-state index is 13.4. The summed E-state index contributed by atoms with van der Waals surface area (Å²) >= 11 is 0.991. The number of amides is 1. The highest BCUT2D eigenvalue weighted by Gasteiger charge is 2.33. The number of hydrogen-bond acceptors (Lipinski definition) is 8. The van der Waals surface area contributed by atoms with Gasteiger partial charge < -0.3 is 23.9 Å². The van der Waals surface area contributed by atoms with Gasteiger partial charge in [0.2, 0.25) is 6.79 Å². The number of benzene rings is 2. The van der Waals surface area contributed by atoms with Crippen molar-refractivity contribution < 1.29 is 33.3 Å². The molecule has 2 aliphatic rings. The summed E-state index contributed by atoms with van der Waals surface area (Å²) in [6.45, 7) is 1.36. The highest BCUT2D eigenvalue weighted by molar-refractivity contribution is 8.13. The summed E-state index contributed by atoms with van der Waals surface area (Å²) in [6.07, 6.45) is 0.693. The molecule has 11 heteroatoms. The van der Waals surface area contributed by atoms with Crippen LogP contribution in [0.15, 0.2) is 42.5 Å². The second-order valence-corrected chi connectivity index (χ2v) is 8.70. The summed E-state index contributed by atoms with van der Waals surface area (Å²) in [5.41, 5.74) is 0.995. The zero-order chi connectivity index (χ0) is 23.2. The molecule has 0 spiro atoms. The number of hydrogen-bond donors (Lipinski definition) is 0. The van der Waals surface area contributed by atoms with Crippen LogP contribution in [0.5, 0.6) is 17.2 Å². The summed E-state index contributed by atoms with van der Waals surface area (Å²) < 4.78 is 30.2. The van der Waals surface area contributed by atoms with E-state index in [0.717, 1.165) is 17.3 Å². The van der Waals surface area contributed by atoms with E-state index in [1.54, 1.807) is 35.2 Å². The monoisotopic (exact) mass is 478 g/mol. The quantitative estimate of drug-likeness (QED) is 0.318. The highest BCUT2D eigenvalue weighted by Crippen LogP contribution is 2.37. The maximum Gasteiger partial charge on any atom is 0.294 e. The van der Waals surface area contributed by atoms with Gasteiger partial charge in [-0.05, 0) is 42.2 Å². The van der Waals surface area contributed by atoms with Gasteiger partial charge in [-0.15, -0.1) is 10.1 Å². The van der Waals surface area contributed by atoms with Gasteiger partial charge >= 0.3 is 0 Å². The molecule has 0 radical (unpaired) electrons. The SMILES string of the molecule is O=C(SCCO[N+](=O)[O-])N1CC[C@@H](c2ccc(F)cc2)C(COc2ccc3c(c2)OCO3)C1. The van der Waals surface area contributed by atoms with Gasteiger partial charge in [-0.2, -0.15) is 0 Å². The predicted octanol–water partition coefficient (Wildman–Crippen LogP) is 4.10. The van der Waals surface area contributed by atoms with E-state index in [1.807, 2.05) is 0 Å². The average Bonchev–Trinajstić information content (AvgIpc) is 3.28. The molecule has 0 bridgehead atoms. The van der Waals surface area contributed by atoms with Crippen molar-refractivity contribution in [3.05, 3.63) is 64.0 Å². The Bertz CT molecular complexity index is 991. The molecule has 2 aliphatic heterocycles. The Labute approximate surface area is 193 Å². The number of halogens is 1. The van der Waals surface area contributed by atoms with E-state index in [0.29, 0.717) is 43.4 Å². The fourth-order valence-electron chi connectivity index (χ4n) is 4.02. The van der Waals surface area contributed by atoms with Gasteiger partial charge in [0.05, 0.1) is 6.61 Å². The number of rotatable bonds is 8. The van der Waals surface area contributed by atoms with E-state index in [2.05, 4.69) is 4.84 Å². The van der Waals surface area contributed by atoms with E-state index < -0.39 is 5.09 Å².